The lowest BCUT2D eigenvalue weighted by Crippen LogP contribution is -2.26. The van der Waals surface area contributed by atoms with Crippen LogP contribution in [0.3, 0.4) is 0 Å². The van der Waals surface area contributed by atoms with E-state index in [1.165, 1.54) is 0 Å². The fraction of sp³-hybridized carbons (Fsp3) is 0.333. The van der Waals surface area contributed by atoms with Crippen molar-refractivity contribution in [2.45, 2.75) is 20.4 Å². The van der Waals surface area contributed by atoms with Crippen LogP contribution in [0.5, 0.6) is 11.5 Å². The minimum Gasteiger partial charge on any atom is -0.490 e. The average Bonchev–Trinajstić information content (AvgIpc) is 2.98. The van der Waals surface area contributed by atoms with Crippen LogP contribution in [0.15, 0.2) is 37.1 Å². The Bertz CT molecular complexity index is 709. The van der Waals surface area contributed by atoms with Crippen molar-refractivity contribution in [2.75, 3.05) is 20.3 Å². The zero-order valence-electron chi connectivity index (χ0n) is 14.3. The predicted molar refractivity (Wildman–Crippen MR) is 92.4 cm³/mol. The molecule has 0 saturated heterocycles. The summed E-state index contributed by atoms with van der Waals surface area (Å²) < 4.78 is 11.1. The molecule has 1 heterocycles. The molecule has 0 aliphatic rings. The van der Waals surface area contributed by atoms with Crippen LogP contribution >= 0.6 is 0 Å². The molecule has 0 aliphatic carbocycles. The fourth-order valence-corrected chi connectivity index (χ4v) is 2.24. The standard InChI is InChI=1S/C18H23N3O3/c1-5-9-24-15-8-7-14(10-16(15)23-6-2)18(22)21(4)12-17-19-11-13(3)20-17/h5,7-8,10-11H,1,6,9,12H2,2-4H3,(H,19,20). The molecule has 1 aromatic heterocycles. The van der Waals surface area contributed by atoms with Gasteiger partial charge in [-0.05, 0) is 32.0 Å². The Hall–Kier alpha value is -2.76. The normalized spacial score (nSPS) is 10.3. The third-order valence-corrected chi connectivity index (χ3v) is 3.34. The first kappa shape index (κ1) is 17.6. The van der Waals surface area contributed by atoms with E-state index in [4.69, 9.17) is 9.47 Å². The summed E-state index contributed by atoms with van der Waals surface area (Å²) in [7, 11) is 1.74. The third kappa shape index (κ3) is 4.38. The van der Waals surface area contributed by atoms with Crippen molar-refractivity contribution < 1.29 is 14.3 Å². The number of amides is 1. The van der Waals surface area contributed by atoms with Gasteiger partial charge in [0, 0.05) is 24.5 Å². The average molecular weight is 329 g/mol. The molecule has 0 radical (unpaired) electrons. The maximum absolute atomic E-state index is 12.6. The van der Waals surface area contributed by atoms with E-state index in [1.807, 2.05) is 13.8 Å². The van der Waals surface area contributed by atoms with Gasteiger partial charge < -0.3 is 19.4 Å². The molecular formula is C18H23N3O3. The van der Waals surface area contributed by atoms with Gasteiger partial charge in [-0.25, -0.2) is 4.98 Å². The summed E-state index contributed by atoms with van der Waals surface area (Å²) in [5.41, 5.74) is 1.50. The van der Waals surface area contributed by atoms with Crippen LogP contribution in [0.1, 0.15) is 28.8 Å². The molecule has 0 atom stereocenters. The highest BCUT2D eigenvalue weighted by atomic mass is 16.5. The Labute approximate surface area is 142 Å². The van der Waals surface area contributed by atoms with Gasteiger partial charge >= 0.3 is 0 Å². The lowest BCUT2D eigenvalue weighted by molar-refractivity contribution is 0.0781. The molecule has 0 aliphatic heterocycles. The number of aromatic nitrogens is 2. The van der Waals surface area contributed by atoms with Crippen LogP contribution in [-0.2, 0) is 6.54 Å². The number of hydrogen-bond acceptors (Lipinski definition) is 4. The number of carbonyl (C=O) groups is 1. The number of benzene rings is 1. The van der Waals surface area contributed by atoms with Crippen molar-refractivity contribution in [1.82, 2.24) is 14.9 Å². The van der Waals surface area contributed by atoms with Gasteiger partial charge in [-0.1, -0.05) is 12.7 Å². The van der Waals surface area contributed by atoms with Crippen molar-refractivity contribution in [3.05, 3.63) is 54.1 Å². The van der Waals surface area contributed by atoms with Gasteiger partial charge in [-0.15, -0.1) is 0 Å². The van der Waals surface area contributed by atoms with Gasteiger partial charge in [0.2, 0.25) is 0 Å². The van der Waals surface area contributed by atoms with Gasteiger partial charge in [0.15, 0.2) is 11.5 Å². The molecule has 6 heteroatoms. The number of aromatic amines is 1. The second-order valence-corrected chi connectivity index (χ2v) is 5.37. The number of rotatable bonds is 8. The lowest BCUT2D eigenvalue weighted by atomic mass is 10.1. The number of ether oxygens (including phenoxy) is 2. The molecule has 0 spiro atoms. The van der Waals surface area contributed by atoms with Crippen molar-refractivity contribution in [2.24, 2.45) is 0 Å². The van der Waals surface area contributed by atoms with Crippen LogP contribution in [0.25, 0.3) is 0 Å². The number of aryl methyl sites for hydroxylation is 1. The molecule has 1 N–H and O–H groups in total. The zero-order chi connectivity index (χ0) is 17.5. The molecule has 2 aromatic rings. The summed E-state index contributed by atoms with van der Waals surface area (Å²) in [6.45, 7) is 8.72. The molecule has 2 rings (SSSR count). The summed E-state index contributed by atoms with van der Waals surface area (Å²) in [6.07, 6.45) is 3.40. The molecule has 0 bridgehead atoms. The van der Waals surface area contributed by atoms with Crippen molar-refractivity contribution in [3.8, 4) is 11.5 Å². The van der Waals surface area contributed by atoms with Crippen LogP contribution < -0.4 is 9.47 Å². The molecule has 24 heavy (non-hydrogen) atoms. The minimum atomic E-state index is -0.111. The maximum atomic E-state index is 12.6. The maximum Gasteiger partial charge on any atom is 0.254 e. The summed E-state index contributed by atoms with van der Waals surface area (Å²) in [6, 6.07) is 5.17. The fourth-order valence-electron chi connectivity index (χ4n) is 2.24. The monoisotopic (exact) mass is 329 g/mol. The van der Waals surface area contributed by atoms with E-state index in [0.29, 0.717) is 36.8 Å². The number of carbonyl (C=O) groups excluding carboxylic acids is 1. The summed E-state index contributed by atoms with van der Waals surface area (Å²) in [5, 5.41) is 0. The van der Waals surface area contributed by atoms with E-state index in [-0.39, 0.29) is 5.91 Å². The number of hydrogen-bond donors (Lipinski definition) is 1. The highest BCUT2D eigenvalue weighted by Crippen LogP contribution is 2.29. The van der Waals surface area contributed by atoms with Crippen molar-refractivity contribution >= 4 is 5.91 Å². The van der Waals surface area contributed by atoms with Gasteiger partial charge in [0.05, 0.1) is 13.2 Å². The quantitative estimate of drug-likeness (QED) is 0.756. The lowest BCUT2D eigenvalue weighted by Gasteiger charge is -2.17. The zero-order valence-corrected chi connectivity index (χ0v) is 14.3. The first-order valence-corrected chi connectivity index (χ1v) is 7.81. The smallest absolute Gasteiger partial charge is 0.254 e. The van der Waals surface area contributed by atoms with Gasteiger partial charge in [0.1, 0.15) is 12.4 Å². The predicted octanol–water partition coefficient (Wildman–Crippen LogP) is 2.95. The first-order chi connectivity index (χ1) is 11.5. The van der Waals surface area contributed by atoms with E-state index < -0.39 is 0 Å². The SMILES string of the molecule is C=CCOc1ccc(C(=O)N(C)Cc2ncc(C)[nH]2)cc1OCC. The Morgan fingerprint density at radius 2 is 2.17 bits per heavy atom. The van der Waals surface area contributed by atoms with E-state index >= 15 is 0 Å². The topological polar surface area (TPSA) is 67.5 Å². The van der Waals surface area contributed by atoms with E-state index in [1.54, 1.807) is 42.4 Å². The second-order valence-electron chi connectivity index (χ2n) is 5.37. The number of imidazole rings is 1. The molecule has 1 aromatic carbocycles. The molecule has 0 saturated carbocycles. The highest BCUT2D eigenvalue weighted by Gasteiger charge is 2.16. The molecule has 0 unspecified atom stereocenters. The first-order valence-electron chi connectivity index (χ1n) is 7.81. The Kier molecular flexibility index (Phi) is 6.01. The third-order valence-electron chi connectivity index (χ3n) is 3.34. The number of nitrogens with zero attached hydrogens (tertiary/aromatic N) is 2. The van der Waals surface area contributed by atoms with Gasteiger partial charge in [-0.3, -0.25) is 4.79 Å². The van der Waals surface area contributed by atoms with Crippen LogP contribution in [0.2, 0.25) is 0 Å². The summed E-state index contributed by atoms with van der Waals surface area (Å²) in [5.74, 6) is 1.78. The van der Waals surface area contributed by atoms with Crippen molar-refractivity contribution in [1.29, 1.82) is 0 Å². The Morgan fingerprint density at radius 3 is 2.79 bits per heavy atom. The van der Waals surface area contributed by atoms with Gasteiger partial charge in [0.25, 0.3) is 5.91 Å². The van der Waals surface area contributed by atoms with Crippen LogP contribution in [0.4, 0.5) is 0 Å². The van der Waals surface area contributed by atoms with Crippen molar-refractivity contribution in [3.63, 3.8) is 0 Å². The molecule has 1 amide bonds. The molecule has 6 nitrogen and oxygen atoms in total. The summed E-state index contributed by atoms with van der Waals surface area (Å²) in [4.78, 5) is 21.6. The Balaban J connectivity index is 2.15. The Morgan fingerprint density at radius 1 is 1.38 bits per heavy atom. The number of nitrogens with one attached hydrogen (secondary N) is 1. The van der Waals surface area contributed by atoms with Gasteiger partial charge in [-0.2, -0.15) is 0 Å². The van der Waals surface area contributed by atoms with E-state index in [2.05, 4.69) is 16.5 Å². The molecule has 128 valence electrons. The van der Waals surface area contributed by atoms with Crippen LogP contribution in [0, 0.1) is 6.92 Å². The minimum absolute atomic E-state index is 0.111. The molecular weight excluding hydrogens is 306 g/mol. The molecule has 0 fully saturated rings. The number of H-pyrrole nitrogens is 1. The summed E-state index contributed by atoms with van der Waals surface area (Å²) >= 11 is 0. The second kappa shape index (κ2) is 8.19. The highest BCUT2D eigenvalue weighted by molar-refractivity contribution is 5.94. The van der Waals surface area contributed by atoms with E-state index in [0.717, 1.165) is 11.5 Å². The van der Waals surface area contributed by atoms with E-state index in [9.17, 15) is 4.79 Å². The van der Waals surface area contributed by atoms with Crippen LogP contribution in [-0.4, -0.2) is 41.0 Å². The largest absolute Gasteiger partial charge is 0.490 e.